The van der Waals surface area contributed by atoms with E-state index in [0.29, 0.717) is 12.1 Å². The fraction of sp³-hybridized carbons (Fsp3) is 0.154. The standard InChI is InChI=1S/C13H11BrN2OS/c1-17-11-3-2-9(6-15)13(5-11)16-7-12-4-10(14)8-18-12/h2-5,8,16H,7H2,1H3. The van der Waals surface area contributed by atoms with Gasteiger partial charge in [-0.1, -0.05) is 0 Å². The van der Waals surface area contributed by atoms with Gasteiger partial charge < -0.3 is 10.1 Å². The highest BCUT2D eigenvalue weighted by molar-refractivity contribution is 9.10. The zero-order valence-electron chi connectivity index (χ0n) is 9.74. The Bertz CT molecular complexity index is 589. The van der Waals surface area contributed by atoms with Gasteiger partial charge in [-0.3, -0.25) is 0 Å². The van der Waals surface area contributed by atoms with Gasteiger partial charge in [0, 0.05) is 27.3 Å². The van der Waals surface area contributed by atoms with E-state index in [2.05, 4.69) is 33.4 Å². The van der Waals surface area contributed by atoms with Crippen molar-refractivity contribution in [1.82, 2.24) is 0 Å². The summed E-state index contributed by atoms with van der Waals surface area (Å²) in [5.41, 5.74) is 1.41. The van der Waals surface area contributed by atoms with E-state index in [-0.39, 0.29) is 0 Å². The largest absolute Gasteiger partial charge is 0.497 e. The predicted octanol–water partition coefficient (Wildman–Crippen LogP) is 4.00. The number of methoxy groups -OCH3 is 1. The van der Waals surface area contributed by atoms with Crippen molar-refractivity contribution in [2.45, 2.75) is 6.54 Å². The van der Waals surface area contributed by atoms with Crippen molar-refractivity contribution in [1.29, 1.82) is 5.26 Å². The third kappa shape index (κ3) is 3.03. The minimum Gasteiger partial charge on any atom is -0.497 e. The number of ether oxygens (including phenoxy) is 1. The first-order chi connectivity index (χ1) is 8.72. The fourth-order valence-corrected chi connectivity index (χ4v) is 2.91. The van der Waals surface area contributed by atoms with Crippen LogP contribution in [0.3, 0.4) is 0 Å². The molecule has 0 unspecified atom stereocenters. The molecule has 92 valence electrons. The molecule has 1 heterocycles. The highest BCUT2D eigenvalue weighted by Gasteiger charge is 2.04. The second kappa shape index (κ2) is 5.89. The molecule has 0 atom stereocenters. The molecule has 0 saturated carbocycles. The molecule has 1 aromatic carbocycles. The molecule has 18 heavy (non-hydrogen) atoms. The number of nitriles is 1. The summed E-state index contributed by atoms with van der Waals surface area (Å²) in [4.78, 5) is 1.20. The molecule has 0 amide bonds. The highest BCUT2D eigenvalue weighted by Crippen LogP contribution is 2.24. The van der Waals surface area contributed by atoms with Gasteiger partial charge in [-0.15, -0.1) is 11.3 Å². The van der Waals surface area contributed by atoms with E-state index in [9.17, 15) is 0 Å². The zero-order valence-corrected chi connectivity index (χ0v) is 12.1. The van der Waals surface area contributed by atoms with Crippen LogP contribution < -0.4 is 10.1 Å². The van der Waals surface area contributed by atoms with Gasteiger partial charge in [0.2, 0.25) is 0 Å². The quantitative estimate of drug-likeness (QED) is 0.925. The van der Waals surface area contributed by atoms with Gasteiger partial charge in [-0.25, -0.2) is 0 Å². The van der Waals surface area contributed by atoms with Crippen molar-refractivity contribution < 1.29 is 4.74 Å². The van der Waals surface area contributed by atoms with Gasteiger partial charge >= 0.3 is 0 Å². The molecule has 1 aromatic heterocycles. The molecule has 0 fully saturated rings. The first-order valence-electron chi connectivity index (χ1n) is 5.28. The molecule has 2 aromatic rings. The lowest BCUT2D eigenvalue weighted by Gasteiger charge is -2.08. The Labute approximate surface area is 118 Å². The second-order valence-corrected chi connectivity index (χ2v) is 5.52. The van der Waals surface area contributed by atoms with Gasteiger partial charge in [-0.2, -0.15) is 5.26 Å². The van der Waals surface area contributed by atoms with Crippen molar-refractivity contribution in [3.05, 3.63) is 44.6 Å². The van der Waals surface area contributed by atoms with Crippen LogP contribution in [0.25, 0.3) is 0 Å². The van der Waals surface area contributed by atoms with Crippen LogP contribution in [0.5, 0.6) is 5.75 Å². The summed E-state index contributed by atoms with van der Waals surface area (Å²) in [7, 11) is 1.61. The fourth-order valence-electron chi connectivity index (χ4n) is 1.52. The van der Waals surface area contributed by atoms with E-state index >= 15 is 0 Å². The minimum absolute atomic E-state index is 0.617. The second-order valence-electron chi connectivity index (χ2n) is 3.61. The lowest BCUT2D eigenvalue weighted by Crippen LogP contribution is -2.00. The first kappa shape index (κ1) is 12.9. The Balaban J connectivity index is 2.15. The molecular formula is C13H11BrN2OS. The number of nitrogens with one attached hydrogen (secondary N) is 1. The Kier molecular flexibility index (Phi) is 4.24. The molecule has 2 rings (SSSR count). The van der Waals surface area contributed by atoms with Crippen LogP contribution in [0.2, 0.25) is 0 Å². The van der Waals surface area contributed by atoms with E-state index in [0.717, 1.165) is 15.9 Å². The number of hydrogen-bond donors (Lipinski definition) is 1. The summed E-state index contributed by atoms with van der Waals surface area (Å²) in [5, 5.41) is 14.3. The topological polar surface area (TPSA) is 45.0 Å². The van der Waals surface area contributed by atoms with Crippen molar-refractivity contribution >= 4 is 33.0 Å². The van der Waals surface area contributed by atoms with E-state index in [4.69, 9.17) is 10.00 Å². The van der Waals surface area contributed by atoms with Crippen molar-refractivity contribution in [3.8, 4) is 11.8 Å². The zero-order chi connectivity index (χ0) is 13.0. The molecule has 0 aliphatic rings. The van der Waals surface area contributed by atoms with E-state index in [1.54, 1.807) is 30.6 Å². The number of anilines is 1. The van der Waals surface area contributed by atoms with E-state index in [1.807, 2.05) is 11.4 Å². The molecule has 1 N–H and O–H groups in total. The number of benzene rings is 1. The smallest absolute Gasteiger partial charge is 0.121 e. The molecule has 0 spiro atoms. The van der Waals surface area contributed by atoms with E-state index in [1.165, 1.54) is 4.88 Å². The molecule has 0 radical (unpaired) electrons. The van der Waals surface area contributed by atoms with Crippen LogP contribution in [-0.2, 0) is 6.54 Å². The maximum absolute atomic E-state index is 9.05. The third-order valence-corrected chi connectivity index (χ3v) is 4.12. The van der Waals surface area contributed by atoms with Gasteiger partial charge in [-0.05, 0) is 34.1 Å². The Morgan fingerprint density at radius 2 is 2.28 bits per heavy atom. The maximum atomic E-state index is 9.05. The molecule has 0 bridgehead atoms. The molecule has 0 aliphatic carbocycles. The summed E-state index contributed by atoms with van der Waals surface area (Å²) in [5.74, 6) is 0.740. The summed E-state index contributed by atoms with van der Waals surface area (Å²) >= 11 is 5.09. The lowest BCUT2D eigenvalue weighted by atomic mass is 10.2. The Morgan fingerprint density at radius 3 is 2.89 bits per heavy atom. The van der Waals surface area contributed by atoms with Crippen molar-refractivity contribution in [3.63, 3.8) is 0 Å². The summed E-state index contributed by atoms with van der Waals surface area (Å²) < 4.78 is 6.24. The normalized spacial score (nSPS) is 9.83. The Morgan fingerprint density at radius 1 is 1.44 bits per heavy atom. The van der Waals surface area contributed by atoms with Crippen molar-refractivity contribution in [2.24, 2.45) is 0 Å². The van der Waals surface area contributed by atoms with Gasteiger partial charge in [0.1, 0.15) is 11.8 Å². The minimum atomic E-state index is 0.617. The van der Waals surface area contributed by atoms with Crippen LogP contribution in [0.15, 0.2) is 34.1 Å². The van der Waals surface area contributed by atoms with Gasteiger partial charge in [0.25, 0.3) is 0 Å². The number of hydrogen-bond acceptors (Lipinski definition) is 4. The molecule has 0 aliphatic heterocycles. The number of halogens is 1. The van der Waals surface area contributed by atoms with E-state index < -0.39 is 0 Å². The maximum Gasteiger partial charge on any atom is 0.121 e. The number of rotatable bonds is 4. The van der Waals surface area contributed by atoms with Crippen LogP contribution in [0, 0.1) is 11.3 Å². The highest BCUT2D eigenvalue weighted by atomic mass is 79.9. The SMILES string of the molecule is COc1ccc(C#N)c(NCc2cc(Br)cs2)c1. The lowest BCUT2D eigenvalue weighted by molar-refractivity contribution is 0.415. The summed E-state index contributed by atoms with van der Waals surface area (Å²) in [6.07, 6.45) is 0. The molecular weight excluding hydrogens is 312 g/mol. The van der Waals surface area contributed by atoms with Crippen LogP contribution in [0.1, 0.15) is 10.4 Å². The van der Waals surface area contributed by atoms with Gasteiger partial charge in [0.05, 0.1) is 18.4 Å². The number of nitrogens with zero attached hydrogens (tertiary/aromatic N) is 1. The number of thiophene rings is 1. The average molecular weight is 323 g/mol. The monoisotopic (exact) mass is 322 g/mol. The van der Waals surface area contributed by atoms with Crippen molar-refractivity contribution in [2.75, 3.05) is 12.4 Å². The molecule has 0 saturated heterocycles. The predicted molar refractivity (Wildman–Crippen MR) is 77.1 cm³/mol. The van der Waals surface area contributed by atoms with Gasteiger partial charge in [0.15, 0.2) is 0 Å². The molecule has 3 nitrogen and oxygen atoms in total. The summed E-state index contributed by atoms with van der Waals surface area (Å²) in [6, 6.07) is 9.60. The first-order valence-corrected chi connectivity index (χ1v) is 6.95. The molecule has 5 heteroatoms. The summed E-state index contributed by atoms with van der Waals surface area (Å²) in [6.45, 7) is 0.693. The van der Waals surface area contributed by atoms with Crippen LogP contribution in [-0.4, -0.2) is 7.11 Å². The third-order valence-electron chi connectivity index (χ3n) is 2.42. The van der Waals surface area contributed by atoms with Crippen LogP contribution >= 0.6 is 27.3 Å². The van der Waals surface area contributed by atoms with Crippen LogP contribution in [0.4, 0.5) is 5.69 Å². The average Bonchev–Trinajstić information content (AvgIpc) is 2.81. The Hall–Kier alpha value is -1.51.